The van der Waals surface area contributed by atoms with Crippen LogP contribution in [0.1, 0.15) is 22.7 Å². The van der Waals surface area contributed by atoms with Crippen LogP contribution in [0.2, 0.25) is 5.02 Å². The molecule has 0 aliphatic heterocycles. The first-order valence-electron chi connectivity index (χ1n) is 7.84. The summed E-state index contributed by atoms with van der Waals surface area (Å²) in [6.45, 7) is 2.08. The van der Waals surface area contributed by atoms with E-state index in [1.165, 1.54) is 5.56 Å². The van der Waals surface area contributed by atoms with Gasteiger partial charge >= 0.3 is 0 Å². The summed E-state index contributed by atoms with van der Waals surface area (Å²) in [6.07, 6.45) is 0. The molecule has 4 aromatic rings. The standard InChI is InChI=1S/C20H16ClN3/c1-14-6-8-15(9-7-14)20(16-10-12-17(21)13-11-16)24-22-18-4-2-3-5-19(18)23-24/h2-13,20H,1H3. The van der Waals surface area contributed by atoms with Crippen LogP contribution < -0.4 is 0 Å². The third-order valence-electron chi connectivity index (χ3n) is 4.11. The molecule has 4 rings (SSSR count). The molecule has 0 saturated carbocycles. The highest BCUT2D eigenvalue weighted by Gasteiger charge is 2.19. The van der Waals surface area contributed by atoms with E-state index in [4.69, 9.17) is 11.6 Å². The number of rotatable bonds is 3. The fourth-order valence-electron chi connectivity index (χ4n) is 2.84. The number of fused-ring (bicyclic) bond motifs is 1. The molecule has 118 valence electrons. The van der Waals surface area contributed by atoms with E-state index in [2.05, 4.69) is 41.4 Å². The Kier molecular flexibility index (Phi) is 3.79. The number of aromatic nitrogens is 3. The molecule has 1 heterocycles. The van der Waals surface area contributed by atoms with E-state index in [1.54, 1.807) is 4.80 Å². The highest BCUT2D eigenvalue weighted by atomic mass is 35.5. The SMILES string of the molecule is Cc1ccc(C(c2ccc(Cl)cc2)n2nc3ccccc3n2)cc1. The van der Waals surface area contributed by atoms with Gasteiger partial charge in [-0.1, -0.05) is 65.7 Å². The second kappa shape index (κ2) is 6.10. The van der Waals surface area contributed by atoms with Gasteiger partial charge in [0.2, 0.25) is 0 Å². The lowest BCUT2D eigenvalue weighted by Gasteiger charge is -2.17. The fourth-order valence-corrected chi connectivity index (χ4v) is 2.97. The summed E-state index contributed by atoms with van der Waals surface area (Å²) in [4.78, 5) is 1.79. The molecule has 1 atom stereocenters. The molecular formula is C20H16ClN3. The maximum atomic E-state index is 6.06. The van der Waals surface area contributed by atoms with Crippen LogP contribution in [0.3, 0.4) is 0 Å². The molecule has 0 spiro atoms. The summed E-state index contributed by atoms with van der Waals surface area (Å²) in [5.41, 5.74) is 5.26. The predicted octanol–water partition coefficient (Wildman–Crippen LogP) is 5.03. The van der Waals surface area contributed by atoms with Gasteiger partial charge in [-0.05, 0) is 42.3 Å². The van der Waals surface area contributed by atoms with Crippen molar-refractivity contribution >= 4 is 22.6 Å². The van der Waals surface area contributed by atoms with Crippen molar-refractivity contribution in [2.75, 3.05) is 0 Å². The topological polar surface area (TPSA) is 30.7 Å². The smallest absolute Gasteiger partial charge is 0.122 e. The predicted molar refractivity (Wildman–Crippen MR) is 97.4 cm³/mol. The third-order valence-corrected chi connectivity index (χ3v) is 4.36. The molecule has 1 unspecified atom stereocenters. The van der Waals surface area contributed by atoms with Crippen molar-refractivity contribution in [1.82, 2.24) is 15.0 Å². The molecule has 0 N–H and O–H groups in total. The zero-order valence-corrected chi connectivity index (χ0v) is 14.0. The fraction of sp³-hybridized carbons (Fsp3) is 0.100. The van der Waals surface area contributed by atoms with Gasteiger partial charge in [0.1, 0.15) is 17.1 Å². The Labute approximate surface area is 145 Å². The summed E-state index contributed by atoms with van der Waals surface area (Å²) >= 11 is 6.06. The molecule has 24 heavy (non-hydrogen) atoms. The van der Waals surface area contributed by atoms with E-state index in [0.29, 0.717) is 0 Å². The van der Waals surface area contributed by atoms with Crippen LogP contribution in [-0.2, 0) is 0 Å². The van der Waals surface area contributed by atoms with Gasteiger partial charge in [-0.3, -0.25) is 0 Å². The number of aryl methyl sites for hydroxylation is 1. The van der Waals surface area contributed by atoms with Gasteiger partial charge in [0, 0.05) is 5.02 Å². The van der Waals surface area contributed by atoms with E-state index in [0.717, 1.165) is 27.2 Å². The van der Waals surface area contributed by atoms with Crippen molar-refractivity contribution in [2.45, 2.75) is 13.0 Å². The highest BCUT2D eigenvalue weighted by molar-refractivity contribution is 6.30. The van der Waals surface area contributed by atoms with Crippen LogP contribution in [0, 0.1) is 6.92 Å². The zero-order valence-electron chi connectivity index (χ0n) is 13.2. The van der Waals surface area contributed by atoms with Gasteiger partial charge < -0.3 is 0 Å². The van der Waals surface area contributed by atoms with E-state index in [9.17, 15) is 0 Å². The minimum Gasteiger partial charge on any atom is -0.172 e. The molecule has 1 aromatic heterocycles. The molecule has 0 saturated heterocycles. The average molecular weight is 334 g/mol. The molecule has 3 nitrogen and oxygen atoms in total. The van der Waals surface area contributed by atoms with Gasteiger partial charge in [0.05, 0.1) is 0 Å². The molecular weight excluding hydrogens is 318 g/mol. The Morgan fingerprint density at radius 3 is 1.79 bits per heavy atom. The van der Waals surface area contributed by atoms with Gasteiger partial charge in [0.25, 0.3) is 0 Å². The zero-order chi connectivity index (χ0) is 16.5. The van der Waals surface area contributed by atoms with Crippen LogP contribution in [0.15, 0.2) is 72.8 Å². The summed E-state index contributed by atoms with van der Waals surface area (Å²) in [5, 5.41) is 10.1. The minimum absolute atomic E-state index is 0.0877. The molecule has 4 heteroatoms. The lowest BCUT2D eigenvalue weighted by Crippen LogP contribution is -2.15. The first-order valence-corrected chi connectivity index (χ1v) is 8.22. The second-order valence-electron chi connectivity index (χ2n) is 5.87. The largest absolute Gasteiger partial charge is 0.172 e. The van der Waals surface area contributed by atoms with E-state index in [-0.39, 0.29) is 6.04 Å². The number of benzene rings is 3. The molecule has 3 aromatic carbocycles. The molecule has 0 amide bonds. The molecule has 0 bridgehead atoms. The molecule has 0 aliphatic carbocycles. The third kappa shape index (κ3) is 2.79. The summed E-state index contributed by atoms with van der Waals surface area (Å²) < 4.78 is 0. The van der Waals surface area contributed by atoms with Crippen molar-refractivity contribution < 1.29 is 0 Å². The monoisotopic (exact) mass is 333 g/mol. The number of hydrogen-bond acceptors (Lipinski definition) is 2. The molecule has 0 fully saturated rings. The Morgan fingerprint density at radius 2 is 1.25 bits per heavy atom. The number of nitrogens with zero attached hydrogens (tertiary/aromatic N) is 3. The van der Waals surface area contributed by atoms with Crippen molar-refractivity contribution in [3.05, 3.63) is 94.5 Å². The van der Waals surface area contributed by atoms with E-state index >= 15 is 0 Å². The highest BCUT2D eigenvalue weighted by Crippen LogP contribution is 2.27. The summed E-state index contributed by atoms with van der Waals surface area (Å²) in [5.74, 6) is 0. The van der Waals surface area contributed by atoms with Crippen LogP contribution in [0.4, 0.5) is 0 Å². The first-order chi connectivity index (χ1) is 11.7. The van der Waals surface area contributed by atoms with Gasteiger partial charge in [-0.2, -0.15) is 15.0 Å². The van der Waals surface area contributed by atoms with Crippen molar-refractivity contribution in [3.63, 3.8) is 0 Å². The van der Waals surface area contributed by atoms with E-state index < -0.39 is 0 Å². The Morgan fingerprint density at radius 1 is 0.750 bits per heavy atom. The van der Waals surface area contributed by atoms with Crippen molar-refractivity contribution in [3.8, 4) is 0 Å². The Balaban J connectivity index is 1.88. The van der Waals surface area contributed by atoms with E-state index in [1.807, 2.05) is 48.5 Å². The van der Waals surface area contributed by atoms with Gasteiger partial charge in [-0.15, -0.1) is 0 Å². The Bertz CT molecular complexity index is 893. The minimum atomic E-state index is -0.0877. The maximum Gasteiger partial charge on any atom is 0.122 e. The van der Waals surface area contributed by atoms with Crippen LogP contribution in [0.5, 0.6) is 0 Å². The van der Waals surface area contributed by atoms with Gasteiger partial charge in [0.15, 0.2) is 0 Å². The summed E-state index contributed by atoms with van der Waals surface area (Å²) in [6, 6.07) is 24.2. The first kappa shape index (κ1) is 14.9. The Hall–Kier alpha value is -2.65. The molecule has 0 aliphatic rings. The lowest BCUT2D eigenvalue weighted by molar-refractivity contribution is 0.526. The van der Waals surface area contributed by atoms with Crippen LogP contribution >= 0.6 is 11.6 Å². The summed E-state index contributed by atoms with van der Waals surface area (Å²) in [7, 11) is 0. The van der Waals surface area contributed by atoms with Crippen LogP contribution in [-0.4, -0.2) is 15.0 Å². The van der Waals surface area contributed by atoms with Crippen molar-refractivity contribution in [1.29, 1.82) is 0 Å². The second-order valence-corrected chi connectivity index (χ2v) is 6.31. The normalized spacial score (nSPS) is 12.4. The average Bonchev–Trinajstić information content (AvgIpc) is 3.02. The quantitative estimate of drug-likeness (QED) is 0.526. The lowest BCUT2D eigenvalue weighted by atomic mass is 9.98. The molecule has 0 radical (unpaired) electrons. The van der Waals surface area contributed by atoms with Crippen LogP contribution in [0.25, 0.3) is 11.0 Å². The number of hydrogen-bond donors (Lipinski definition) is 0. The van der Waals surface area contributed by atoms with Gasteiger partial charge in [-0.25, -0.2) is 0 Å². The number of halogens is 1. The maximum absolute atomic E-state index is 6.06. The van der Waals surface area contributed by atoms with Crippen molar-refractivity contribution in [2.24, 2.45) is 0 Å².